The van der Waals surface area contributed by atoms with Crippen LogP contribution in [-0.2, 0) is 22.7 Å². The van der Waals surface area contributed by atoms with Gasteiger partial charge in [-0.1, -0.05) is 41.9 Å². The second kappa shape index (κ2) is 10.8. The number of carbonyl (C=O) groups excluding carboxylic acids is 2. The Hall–Kier alpha value is -2.06. The van der Waals surface area contributed by atoms with Gasteiger partial charge >= 0.3 is 0 Å². The van der Waals surface area contributed by atoms with E-state index in [2.05, 4.69) is 15.5 Å². The van der Waals surface area contributed by atoms with E-state index < -0.39 is 0 Å². The van der Waals surface area contributed by atoms with Gasteiger partial charge in [-0.05, 0) is 44.4 Å². The smallest absolute Gasteiger partial charge is 0.230 e. The summed E-state index contributed by atoms with van der Waals surface area (Å²) in [6.45, 7) is 5.87. The molecule has 1 aliphatic heterocycles. The molecule has 1 saturated heterocycles. The molecule has 1 fully saturated rings. The fraction of sp³-hybridized carbons (Fsp3) is 0.524. The number of hydrogen-bond acceptors (Lipinski definition) is 5. The minimum atomic E-state index is -0.134. The van der Waals surface area contributed by atoms with E-state index in [1.54, 1.807) is 0 Å². The van der Waals surface area contributed by atoms with Crippen LogP contribution in [-0.4, -0.2) is 43.8 Å². The van der Waals surface area contributed by atoms with Crippen molar-refractivity contribution in [3.05, 3.63) is 40.7 Å². The Labute approximate surface area is 186 Å². The van der Waals surface area contributed by atoms with Crippen molar-refractivity contribution in [2.75, 3.05) is 12.3 Å². The van der Waals surface area contributed by atoms with Gasteiger partial charge in [0.05, 0.1) is 18.3 Å². The highest BCUT2D eigenvalue weighted by molar-refractivity contribution is 7.99. The van der Waals surface area contributed by atoms with Gasteiger partial charge in [0.1, 0.15) is 0 Å². The van der Waals surface area contributed by atoms with Crippen LogP contribution < -0.4 is 5.32 Å². The highest BCUT2D eigenvalue weighted by atomic mass is 35.5. The number of hydrogen-bond donors (Lipinski definition) is 1. The number of amides is 2. The van der Waals surface area contributed by atoms with Gasteiger partial charge in [0, 0.05) is 24.5 Å². The lowest BCUT2D eigenvalue weighted by Crippen LogP contribution is -2.31. The lowest BCUT2D eigenvalue weighted by Gasteiger charge is -2.20. The maximum atomic E-state index is 12.4. The lowest BCUT2D eigenvalue weighted by molar-refractivity contribution is -0.131. The van der Waals surface area contributed by atoms with Crippen LogP contribution in [0.4, 0.5) is 0 Å². The van der Waals surface area contributed by atoms with Gasteiger partial charge in [0.2, 0.25) is 11.8 Å². The molecule has 30 heavy (non-hydrogen) atoms. The molecule has 1 unspecified atom stereocenters. The van der Waals surface area contributed by atoms with Crippen molar-refractivity contribution in [1.82, 2.24) is 25.0 Å². The van der Waals surface area contributed by atoms with Gasteiger partial charge in [-0.25, -0.2) is 0 Å². The Balaban J connectivity index is 1.57. The highest BCUT2D eigenvalue weighted by Gasteiger charge is 2.21. The Morgan fingerprint density at radius 3 is 2.90 bits per heavy atom. The molecule has 0 bridgehead atoms. The summed E-state index contributed by atoms with van der Waals surface area (Å²) in [6.07, 6.45) is 3.68. The molecule has 0 spiro atoms. The van der Waals surface area contributed by atoms with Crippen molar-refractivity contribution >= 4 is 35.2 Å². The first-order chi connectivity index (χ1) is 14.5. The average molecular weight is 450 g/mol. The molecule has 2 aromatic rings. The van der Waals surface area contributed by atoms with Gasteiger partial charge in [-0.15, -0.1) is 10.2 Å². The van der Waals surface area contributed by atoms with Gasteiger partial charge in [-0.3, -0.25) is 9.59 Å². The SMILES string of the molecule is CCn1c(CN2CCCCCC2=O)nnc1SCC(=O)NC(C)c1cccc(Cl)c1. The standard InChI is InChI=1S/C21H28ClN5O2S/c1-3-27-18(13-26-11-6-4-5-10-20(26)29)24-25-21(27)30-14-19(28)23-15(2)16-8-7-9-17(22)12-16/h7-9,12,15H,3-6,10-11,13-14H2,1-2H3,(H,23,28). The molecule has 1 aromatic heterocycles. The summed E-state index contributed by atoms with van der Waals surface area (Å²) in [5.74, 6) is 1.11. The van der Waals surface area contributed by atoms with E-state index in [0.29, 0.717) is 29.7 Å². The lowest BCUT2D eigenvalue weighted by atomic mass is 10.1. The molecule has 3 rings (SSSR count). The molecule has 0 saturated carbocycles. The topological polar surface area (TPSA) is 80.1 Å². The number of carbonyl (C=O) groups is 2. The molecule has 2 amide bonds. The zero-order valence-electron chi connectivity index (χ0n) is 17.4. The first-order valence-electron chi connectivity index (χ1n) is 10.4. The number of likely N-dealkylation sites (tertiary alicyclic amines) is 1. The van der Waals surface area contributed by atoms with Crippen LogP contribution in [0.5, 0.6) is 0 Å². The monoisotopic (exact) mass is 449 g/mol. The molecule has 1 N–H and O–H groups in total. The third kappa shape index (κ3) is 5.98. The van der Waals surface area contributed by atoms with Crippen molar-refractivity contribution in [3.8, 4) is 0 Å². The second-order valence-corrected chi connectivity index (χ2v) is 8.78. The van der Waals surface area contributed by atoms with E-state index >= 15 is 0 Å². The van der Waals surface area contributed by atoms with E-state index in [-0.39, 0.29) is 23.6 Å². The maximum Gasteiger partial charge on any atom is 0.230 e. The van der Waals surface area contributed by atoms with E-state index in [4.69, 9.17) is 11.6 Å². The number of nitrogens with zero attached hydrogens (tertiary/aromatic N) is 4. The van der Waals surface area contributed by atoms with E-state index in [1.807, 2.05) is 47.6 Å². The second-order valence-electron chi connectivity index (χ2n) is 7.40. The van der Waals surface area contributed by atoms with Gasteiger partial charge in [-0.2, -0.15) is 0 Å². The molecule has 1 atom stereocenters. The quantitative estimate of drug-likeness (QED) is 0.619. The van der Waals surface area contributed by atoms with Crippen LogP contribution >= 0.6 is 23.4 Å². The van der Waals surface area contributed by atoms with Crippen LogP contribution in [0.15, 0.2) is 29.4 Å². The Morgan fingerprint density at radius 1 is 1.30 bits per heavy atom. The minimum Gasteiger partial charge on any atom is -0.349 e. The molecule has 0 radical (unpaired) electrons. The predicted molar refractivity (Wildman–Crippen MR) is 118 cm³/mol. The van der Waals surface area contributed by atoms with Crippen LogP contribution in [0.2, 0.25) is 5.02 Å². The number of aromatic nitrogens is 3. The number of halogens is 1. The zero-order valence-corrected chi connectivity index (χ0v) is 19.0. The van der Waals surface area contributed by atoms with Gasteiger partial charge in [0.25, 0.3) is 0 Å². The molecule has 1 aromatic carbocycles. The van der Waals surface area contributed by atoms with Gasteiger partial charge < -0.3 is 14.8 Å². The van der Waals surface area contributed by atoms with Gasteiger partial charge in [0.15, 0.2) is 11.0 Å². The molecule has 7 nitrogen and oxygen atoms in total. The number of thioether (sulfide) groups is 1. The summed E-state index contributed by atoms with van der Waals surface area (Å²) in [4.78, 5) is 26.6. The van der Waals surface area contributed by atoms with Crippen LogP contribution in [0, 0.1) is 0 Å². The van der Waals surface area contributed by atoms with E-state index in [1.165, 1.54) is 11.8 Å². The highest BCUT2D eigenvalue weighted by Crippen LogP contribution is 2.21. The summed E-state index contributed by atoms with van der Waals surface area (Å²) in [6, 6.07) is 7.34. The van der Waals surface area contributed by atoms with Crippen LogP contribution in [0.3, 0.4) is 0 Å². The maximum absolute atomic E-state index is 12.4. The summed E-state index contributed by atoms with van der Waals surface area (Å²) in [5.41, 5.74) is 0.960. The van der Waals surface area contributed by atoms with E-state index in [0.717, 1.165) is 37.2 Å². The zero-order chi connectivity index (χ0) is 21.5. The first-order valence-corrected chi connectivity index (χ1v) is 11.7. The molecular weight excluding hydrogens is 422 g/mol. The minimum absolute atomic E-state index is 0.0811. The fourth-order valence-corrected chi connectivity index (χ4v) is 4.54. The largest absolute Gasteiger partial charge is 0.349 e. The molecule has 162 valence electrons. The predicted octanol–water partition coefficient (Wildman–Crippen LogP) is 3.82. The number of nitrogens with one attached hydrogen (secondary N) is 1. The molecule has 0 aliphatic carbocycles. The van der Waals surface area contributed by atoms with Crippen molar-refractivity contribution in [3.63, 3.8) is 0 Å². The van der Waals surface area contributed by atoms with Crippen LogP contribution in [0.25, 0.3) is 0 Å². The normalized spacial score (nSPS) is 15.7. The fourth-order valence-electron chi connectivity index (χ4n) is 3.51. The number of benzene rings is 1. The molecular formula is C21H28ClN5O2S. The van der Waals surface area contributed by atoms with E-state index in [9.17, 15) is 9.59 Å². The van der Waals surface area contributed by atoms with Crippen LogP contribution in [0.1, 0.15) is 57.0 Å². The Kier molecular flexibility index (Phi) is 8.16. The molecule has 9 heteroatoms. The average Bonchev–Trinajstić information content (AvgIpc) is 3.00. The summed E-state index contributed by atoms with van der Waals surface area (Å²) < 4.78 is 1.98. The third-order valence-corrected chi connectivity index (χ3v) is 6.37. The Morgan fingerprint density at radius 2 is 2.13 bits per heavy atom. The third-order valence-electron chi connectivity index (χ3n) is 5.17. The first kappa shape index (κ1) is 22.6. The summed E-state index contributed by atoms with van der Waals surface area (Å²) in [5, 5.41) is 12.9. The van der Waals surface area contributed by atoms with Crippen molar-refractivity contribution in [2.45, 2.75) is 63.8 Å². The summed E-state index contributed by atoms with van der Waals surface area (Å²) in [7, 11) is 0. The molecule has 2 heterocycles. The van der Waals surface area contributed by atoms with Crippen molar-refractivity contribution in [1.29, 1.82) is 0 Å². The molecule has 1 aliphatic rings. The van der Waals surface area contributed by atoms with Crippen molar-refractivity contribution < 1.29 is 9.59 Å². The van der Waals surface area contributed by atoms with Crippen molar-refractivity contribution in [2.24, 2.45) is 0 Å². The summed E-state index contributed by atoms with van der Waals surface area (Å²) >= 11 is 7.39. The Bertz CT molecular complexity index is 888. The number of rotatable bonds is 8.